The van der Waals surface area contributed by atoms with Gasteiger partial charge in [-0.3, -0.25) is 4.98 Å². The number of thioether (sulfide) groups is 1. The smallest absolute Gasteiger partial charge is 0.277 e. The van der Waals surface area contributed by atoms with Crippen molar-refractivity contribution in [2.75, 3.05) is 0 Å². The van der Waals surface area contributed by atoms with Crippen molar-refractivity contribution in [1.82, 2.24) is 15.2 Å². The van der Waals surface area contributed by atoms with E-state index in [0.29, 0.717) is 16.9 Å². The number of pyridine rings is 1. The molecule has 0 aliphatic rings. The van der Waals surface area contributed by atoms with Crippen molar-refractivity contribution in [3.63, 3.8) is 0 Å². The molecule has 3 aromatic heterocycles. The number of nitrogens with zero attached hydrogens (tertiary/aromatic N) is 3. The highest BCUT2D eigenvalue weighted by molar-refractivity contribution is 7.98. The van der Waals surface area contributed by atoms with E-state index in [1.165, 1.54) is 23.9 Å². The van der Waals surface area contributed by atoms with Gasteiger partial charge in [0.2, 0.25) is 0 Å². The number of benzene rings is 1. The van der Waals surface area contributed by atoms with E-state index in [1.54, 1.807) is 24.6 Å². The van der Waals surface area contributed by atoms with Gasteiger partial charge in [0.25, 0.3) is 11.1 Å². The van der Waals surface area contributed by atoms with E-state index < -0.39 is 0 Å². The molecule has 5 nitrogen and oxygen atoms in total. The highest BCUT2D eigenvalue weighted by Gasteiger charge is 2.14. The van der Waals surface area contributed by atoms with Crippen molar-refractivity contribution in [3.05, 3.63) is 59.9 Å². The second-order valence-corrected chi connectivity index (χ2v) is 6.12. The van der Waals surface area contributed by atoms with Crippen molar-refractivity contribution in [2.45, 2.75) is 17.9 Å². The van der Waals surface area contributed by atoms with Crippen LogP contribution < -0.4 is 0 Å². The van der Waals surface area contributed by atoms with Crippen molar-refractivity contribution in [3.8, 4) is 11.5 Å². The van der Waals surface area contributed by atoms with Gasteiger partial charge in [-0.05, 0) is 36.8 Å². The lowest BCUT2D eigenvalue weighted by atomic mass is 10.1. The highest BCUT2D eigenvalue weighted by atomic mass is 32.2. The summed E-state index contributed by atoms with van der Waals surface area (Å²) in [6.07, 6.45) is 3.27. The summed E-state index contributed by atoms with van der Waals surface area (Å²) in [6.45, 7) is 1.83. The van der Waals surface area contributed by atoms with Crippen LogP contribution in [0, 0.1) is 12.7 Å². The van der Waals surface area contributed by atoms with Crippen molar-refractivity contribution in [2.24, 2.45) is 0 Å². The van der Waals surface area contributed by atoms with E-state index in [0.717, 1.165) is 27.8 Å². The summed E-state index contributed by atoms with van der Waals surface area (Å²) < 4.78 is 24.6. The first-order valence-corrected chi connectivity index (χ1v) is 8.23. The van der Waals surface area contributed by atoms with Crippen LogP contribution in [0.5, 0.6) is 0 Å². The van der Waals surface area contributed by atoms with E-state index >= 15 is 0 Å². The third-order valence-corrected chi connectivity index (χ3v) is 4.46. The summed E-state index contributed by atoms with van der Waals surface area (Å²) in [5.74, 6) is 1.32. The number of fused-ring (bicyclic) bond motifs is 1. The maximum atomic E-state index is 13.8. The Morgan fingerprint density at radius 3 is 2.96 bits per heavy atom. The standard InChI is InChI=1S/C17H12FN3O2S/c1-10-14(4-6-22-10)16-20-21-17(23-16)24-9-12-8-13(18)7-11-3-2-5-19-15(11)12/h2-8H,9H2,1H3. The largest absolute Gasteiger partial charge is 0.469 e. The Morgan fingerprint density at radius 1 is 1.21 bits per heavy atom. The molecule has 120 valence electrons. The fourth-order valence-electron chi connectivity index (χ4n) is 2.46. The molecule has 0 atom stereocenters. The summed E-state index contributed by atoms with van der Waals surface area (Å²) in [5, 5.41) is 9.23. The van der Waals surface area contributed by atoms with Crippen LogP contribution in [-0.4, -0.2) is 15.2 Å². The van der Waals surface area contributed by atoms with Gasteiger partial charge in [-0.2, -0.15) is 0 Å². The molecule has 0 amide bonds. The zero-order valence-corrected chi connectivity index (χ0v) is 13.5. The lowest BCUT2D eigenvalue weighted by Gasteiger charge is -2.04. The maximum absolute atomic E-state index is 13.8. The first-order chi connectivity index (χ1) is 11.7. The second kappa shape index (κ2) is 6.09. The molecule has 0 bridgehead atoms. The topological polar surface area (TPSA) is 65.0 Å². The molecule has 4 rings (SSSR count). The molecule has 24 heavy (non-hydrogen) atoms. The van der Waals surface area contributed by atoms with Crippen LogP contribution >= 0.6 is 11.8 Å². The molecule has 0 saturated heterocycles. The number of aromatic nitrogens is 3. The van der Waals surface area contributed by atoms with E-state index in [-0.39, 0.29) is 5.82 Å². The third-order valence-electron chi connectivity index (χ3n) is 3.60. The van der Waals surface area contributed by atoms with Crippen molar-refractivity contribution in [1.29, 1.82) is 0 Å². The molecule has 4 aromatic rings. The zero-order valence-electron chi connectivity index (χ0n) is 12.7. The zero-order chi connectivity index (χ0) is 16.5. The van der Waals surface area contributed by atoms with Gasteiger partial charge < -0.3 is 8.83 Å². The van der Waals surface area contributed by atoms with E-state index in [4.69, 9.17) is 8.83 Å². The van der Waals surface area contributed by atoms with Crippen molar-refractivity contribution >= 4 is 22.7 Å². The Labute approximate surface area is 140 Å². The first-order valence-electron chi connectivity index (χ1n) is 7.24. The van der Waals surface area contributed by atoms with Crippen LogP contribution in [-0.2, 0) is 5.75 Å². The van der Waals surface area contributed by atoms with Gasteiger partial charge in [0.05, 0.1) is 17.3 Å². The Balaban J connectivity index is 1.58. The molecule has 0 aliphatic heterocycles. The van der Waals surface area contributed by atoms with E-state index in [2.05, 4.69) is 15.2 Å². The van der Waals surface area contributed by atoms with Gasteiger partial charge in [0.1, 0.15) is 11.6 Å². The molecule has 3 heterocycles. The van der Waals surface area contributed by atoms with Gasteiger partial charge in [-0.15, -0.1) is 10.2 Å². The normalized spacial score (nSPS) is 11.2. The van der Waals surface area contributed by atoms with E-state index in [9.17, 15) is 4.39 Å². The number of hydrogen-bond acceptors (Lipinski definition) is 6. The second-order valence-electron chi connectivity index (χ2n) is 5.19. The third kappa shape index (κ3) is 2.78. The molecule has 0 N–H and O–H groups in total. The Hall–Kier alpha value is -2.67. The highest BCUT2D eigenvalue weighted by Crippen LogP contribution is 2.29. The molecule has 0 aliphatic carbocycles. The quantitative estimate of drug-likeness (QED) is 0.505. The molecule has 0 fully saturated rings. The Morgan fingerprint density at radius 2 is 2.12 bits per heavy atom. The van der Waals surface area contributed by atoms with Crippen LogP contribution in [0.3, 0.4) is 0 Å². The molecule has 7 heteroatoms. The molecule has 0 saturated carbocycles. The fourth-order valence-corrected chi connectivity index (χ4v) is 3.20. The molecule has 0 spiro atoms. The van der Waals surface area contributed by atoms with Crippen LogP contribution in [0.25, 0.3) is 22.4 Å². The minimum Gasteiger partial charge on any atom is -0.469 e. The molecular formula is C17H12FN3O2S. The summed E-state index contributed by atoms with van der Waals surface area (Å²) in [7, 11) is 0. The molecule has 0 unspecified atom stereocenters. The minimum absolute atomic E-state index is 0.286. The summed E-state index contributed by atoms with van der Waals surface area (Å²) in [4.78, 5) is 4.33. The Kier molecular flexibility index (Phi) is 3.78. The lowest BCUT2D eigenvalue weighted by molar-refractivity contribution is 0.463. The average Bonchev–Trinajstić information content (AvgIpc) is 3.21. The van der Waals surface area contributed by atoms with Crippen LogP contribution in [0.15, 0.2) is 56.8 Å². The van der Waals surface area contributed by atoms with Gasteiger partial charge in [0.15, 0.2) is 0 Å². The van der Waals surface area contributed by atoms with Crippen LogP contribution in [0.2, 0.25) is 0 Å². The molecule has 1 aromatic carbocycles. The SMILES string of the molecule is Cc1occc1-c1nnc(SCc2cc(F)cc3cccnc23)o1. The van der Waals surface area contributed by atoms with Crippen molar-refractivity contribution < 1.29 is 13.2 Å². The molecular weight excluding hydrogens is 329 g/mol. The number of rotatable bonds is 4. The monoisotopic (exact) mass is 341 g/mol. The number of furan rings is 1. The summed E-state index contributed by atoms with van der Waals surface area (Å²) in [6, 6.07) is 8.37. The van der Waals surface area contributed by atoms with Crippen LogP contribution in [0.1, 0.15) is 11.3 Å². The predicted octanol–water partition coefficient (Wildman–Crippen LogP) is 4.62. The summed E-state index contributed by atoms with van der Waals surface area (Å²) >= 11 is 1.34. The number of halogens is 1. The van der Waals surface area contributed by atoms with Gasteiger partial charge in [-0.25, -0.2) is 4.39 Å². The maximum Gasteiger partial charge on any atom is 0.277 e. The summed E-state index contributed by atoms with van der Waals surface area (Å²) in [5.41, 5.74) is 2.33. The van der Waals surface area contributed by atoms with Gasteiger partial charge >= 0.3 is 0 Å². The van der Waals surface area contributed by atoms with Crippen LogP contribution in [0.4, 0.5) is 4.39 Å². The van der Waals surface area contributed by atoms with E-state index in [1.807, 2.05) is 13.0 Å². The minimum atomic E-state index is -0.286. The predicted molar refractivity (Wildman–Crippen MR) is 88.0 cm³/mol. The Bertz CT molecular complexity index is 1010. The van der Waals surface area contributed by atoms with Gasteiger partial charge in [0, 0.05) is 17.3 Å². The average molecular weight is 341 g/mol. The first kappa shape index (κ1) is 14.9. The number of aryl methyl sites for hydroxylation is 1. The lowest BCUT2D eigenvalue weighted by Crippen LogP contribution is -1.89. The van der Waals surface area contributed by atoms with Gasteiger partial charge in [-0.1, -0.05) is 17.8 Å². The fraction of sp³-hybridized carbons (Fsp3) is 0.118. The molecule has 0 radical (unpaired) electrons. The number of hydrogen-bond donors (Lipinski definition) is 0.